The third-order valence-electron chi connectivity index (χ3n) is 4.17. The number of nitrogens with one attached hydrogen (secondary N) is 2. The van der Waals surface area contributed by atoms with E-state index in [0.717, 1.165) is 5.56 Å². The molecule has 0 spiro atoms. The zero-order chi connectivity index (χ0) is 19.9. The molecule has 0 bridgehead atoms. The van der Waals surface area contributed by atoms with Crippen LogP contribution in [0.25, 0.3) is 0 Å². The average Bonchev–Trinajstić information content (AvgIpc) is 2.73. The second kappa shape index (κ2) is 8.77. The number of aromatic nitrogens is 1. The van der Waals surface area contributed by atoms with Gasteiger partial charge in [-0.3, -0.25) is 14.6 Å². The van der Waals surface area contributed by atoms with Gasteiger partial charge >= 0.3 is 0 Å². The molecule has 2 N–H and O–H groups in total. The summed E-state index contributed by atoms with van der Waals surface area (Å²) in [5.74, 6) is 0.0500. The molecule has 0 fully saturated rings. The maximum absolute atomic E-state index is 12.2. The lowest BCUT2D eigenvalue weighted by atomic mass is 10.1. The Morgan fingerprint density at radius 3 is 2.57 bits per heavy atom. The number of hydrazone groups is 1. The predicted molar refractivity (Wildman–Crippen MR) is 107 cm³/mol. The number of carbonyl (C=O) groups excluding carboxylic acids is 2. The highest BCUT2D eigenvalue weighted by Crippen LogP contribution is 2.16. The van der Waals surface area contributed by atoms with E-state index in [4.69, 9.17) is 4.74 Å². The molecule has 0 aliphatic carbocycles. The lowest BCUT2D eigenvalue weighted by molar-refractivity contribution is -0.117. The molecule has 28 heavy (non-hydrogen) atoms. The van der Waals surface area contributed by atoms with Crippen molar-refractivity contribution in [2.45, 2.75) is 20.3 Å². The van der Waals surface area contributed by atoms with E-state index in [9.17, 15) is 9.59 Å². The second-order valence-electron chi connectivity index (χ2n) is 6.14. The molecule has 0 saturated carbocycles. The number of hydrogen-bond acceptors (Lipinski definition) is 5. The van der Waals surface area contributed by atoms with E-state index in [-0.39, 0.29) is 11.8 Å². The van der Waals surface area contributed by atoms with E-state index in [0.29, 0.717) is 34.7 Å². The molecule has 0 atom stereocenters. The number of rotatable bonds is 5. The molecule has 3 rings (SSSR count). The summed E-state index contributed by atoms with van der Waals surface area (Å²) >= 11 is 0. The quantitative estimate of drug-likeness (QED) is 0.618. The summed E-state index contributed by atoms with van der Waals surface area (Å²) < 4.78 is 5.23. The van der Waals surface area contributed by atoms with Crippen molar-refractivity contribution in [1.29, 1.82) is 0 Å². The second-order valence-corrected chi connectivity index (χ2v) is 6.14. The Bertz CT molecular complexity index is 961. The fourth-order valence-electron chi connectivity index (χ4n) is 2.55. The number of amides is 2. The van der Waals surface area contributed by atoms with Gasteiger partial charge < -0.3 is 10.1 Å². The fraction of sp³-hybridized carbons (Fsp3) is 0.143. The van der Waals surface area contributed by atoms with Crippen LogP contribution < -0.4 is 10.7 Å². The van der Waals surface area contributed by atoms with Crippen LogP contribution in [-0.2, 0) is 9.53 Å². The molecule has 2 amide bonds. The minimum Gasteiger partial charge on any atom is -0.469 e. The van der Waals surface area contributed by atoms with E-state index in [1.54, 1.807) is 56.6 Å². The van der Waals surface area contributed by atoms with E-state index in [1.165, 1.54) is 6.20 Å². The molecule has 1 aliphatic heterocycles. The Hall–Kier alpha value is -3.74. The van der Waals surface area contributed by atoms with Crippen molar-refractivity contribution >= 4 is 23.2 Å². The molecule has 7 heteroatoms. The van der Waals surface area contributed by atoms with Crippen molar-refractivity contribution in [3.05, 3.63) is 83.6 Å². The van der Waals surface area contributed by atoms with Gasteiger partial charge in [0, 0.05) is 24.5 Å². The number of anilines is 1. The number of ether oxygens (including phenoxy) is 1. The Morgan fingerprint density at radius 2 is 1.89 bits per heavy atom. The van der Waals surface area contributed by atoms with Gasteiger partial charge in [-0.25, -0.2) is 5.43 Å². The van der Waals surface area contributed by atoms with Crippen LogP contribution in [0.4, 0.5) is 5.69 Å². The molecule has 1 aliphatic rings. The summed E-state index contributed by atoms with van der Waals surface area (Å²) in [5.41, 5.74) is 5.70. The van der Waals surface area contributed by atoms with Crippen LogP contribution >= 0.6 is 0 Å². The SMILES string of the molecule is CC1=C(C(=O)N/N=C(\C)c2ccc(NC(=O)c3cccnc3)cc2)CC=CO1. The van der Waals surface area contributed by atoms with Gasteiger partial charge in [-0.2, -0.15) is 5.10 Å². The molecule has 0 saturated heterocycles. The summed E-state index contributed by atoms with van der Waals surface area (Å²) in [6.07, 6.45) is 6.97. The van der Waals surface area contributed by atoms with Crippen LogP contribution in [0, 0.1) is 0 Å². The molecule has 2 aromatic rings. The van der Waals surface area contributed by atoms with E-state index < -0.39 is 0 Å². The van der Waals surface area contributed by atoms with Crippen molar-refractivity contribution in [3.63, 3.8) is 0 Å². The smallest absolute Gasteiger partial charge is 0.271 e. The maximum atomic E-state index is 12.2. The fourth-order valence-corrected chi connectivity index (χ4v) is 2.55. The first-order valence-corrected chi connectivity index (χ1v) is 8.72. The maximum Gasteiger partial charge on any atom is 0.271 e. The summed E-state index contributed by atoms with van der Waals surface area (Å²) in [6, 6.07) is 10.6. The Kier molecular flexibility index (Phi) is 5.96. The van der Waals surface area contributed by atoms with Gasteiger partial charge in [0.25, 0.3) is 11.8 Å². The van der Waals surface area contributed by atoms with Gasteiger partial charge in [0.2, 0.25) is 0 Å². The van der Waals surface area contributed by atoms with E-state index in [1.807, 2.05) is 12.1 Å². The zero-order valence-corrected chi connectivity index (χ0v) is 15.6. The predicted octanol–water partition coefficient (Wildman–Crippen LogP) is 3.38. The largest absolute Gasteiger partial charge is 0.469 e. The van der Waals surface area contributed by atoms with Crippen molar-refractivity contribution < 1.29 is 14.3 Å². The number of benzene rings is 1. The van der Waals surface area contributed by atoms with E-state index >= 15 is 0 Å². The van der Waals surface area contributed by atoms with Crippen molar-refractivity contribution in [1.82, 2.24) is 10.4 Å². The highest BCUT2D eigenvalue weighted by Gasteiger charge is 2.15. The normalized spacial score (nSPS) is 13.7. The van der Waals surface area contributed by atoms with Gasteiger partial charge in [-0.1, -0.05) is 12.1 Å². The first-order valence-electron chi connectivity index (χ1n) is 8.72. The van der Waals surface area contributed by atoms with Gasteiger partial charge in [0.1, 0.15) is 5.76 Å². The Morgan fingerprint density at radius 1 is 1.11 bits per heavy atom. The number of nitrogens with zero attached hydrogens (tertiary/aromatic N) is 2. The van der Waals surface area contributed by atoms with Crippen molar-refractivity contribution in [2.24, 2.45) is 5.10 Å². The standard InChI is InChI=1S/C21H20N4O3/c1-14(24-25-21(27)19-6-4-12-28-15(19)2)16-7-9-18(10-8-16)23-20(26)17-5-3-11-22-13-17/h3-5,7-13H,6H2,1-2H3,(H,23,26)(H,25,27)/b24-14+. The molecule has 142 valence electrons. The summed E-state index contributed by atoms with van der Waals surface area (Å²) in [4.78, 5) is 28.3. The van der Waals surface area contributed by atoms with Crippen molar-refractivity contribution in [2.75, 3.05) is 5.32 Å². The number of allylic oxidation sites excluding steroid dienone is 2. The highest BCUT2D eigenvalue weighted by atomic mass is 16.5. The van der Waals surface area contributed by atoms with Crippen molar-refractivity contribution in [3.8, 4) is 0 Å². The molecular weight excluding hydrogens is 356 g/mol. The first kappa shape index (κ1) is 19.0. The third-order valence-corrected chi connectivity index (χ3v) is 4.17. The molecule has 7 nitrogen and oxygen atoms in total. The van der Waals surface area contributed by atoms with Crippen LogP contribution in [-0.4, -0.2) is 22.5 Å². The summed E-state index contributed by atoms with van der Waals surface area (Å²) in [6.45, 7) is 3.54. The molecular formula is C21H20N4O3. The van der Waals surface area contributed by atoms with Gasteiger partial charge in [0.15, 0.2) is 0 Å². The van der Waals surface area contributed by atoms with Crippen LogP contribution in [0.2, 0.25) is 0 Å². The topological polar surface area (TPSA) is 92.7 Å². The molecule has 1 aromatic carbocycles. The highest BCUT2D eigenvalue weighted by molar-refractivity contribution is 6.05. The van der Waals surface area contributed by atoms with Gasteiger partial charge in [0.05, 0.1) is 23.1 Å². The lowest BCUT2D eigenvalue weighted by Gasteiger charge is -2.12. The molecule has 0 unspecified atom stereocenters. The number of pyridine rings is 1. The number of hydrogen-bond donors (Lipinski definition) is 2. The zero-order valence-electron chi connectivity index (χ0n) is 15.6. The van der Waals surface area contributed by atoms with Gasteiger partial charge in [-0.15, -0.1) is 0 Å². The minimum atomic E-state index is -0.290. The summed E-state index contributed by atoms with van der Waals surface area (Å²) in [5, 5.41) is 6.96. The Balaban J connectivity index is 1.61. The monoisotopic (exact) mass is 376 g/mol. The first-order chi connectivity index (χ1) is 13.5. The van der Waals surface area contributed by atoms with Crippen LogP contribution in [0.15, 0.2) is 77.6 Å². The lowest BCUT2D eigenvalue weighted by Crippen LogP contribution is -2.23. The van der Waals surface area contributed by atoms with Crippen LogP contribution in [0.1, 0.15) is 36.2 Å². The molecule has 1 aromatic heterocycles. The van der Waals surface area contributed by atoms with Crippen LogP contribution in [0.5, 0.6) is 0 Å². The molecule has 2 heterocycles. The van der Waals surface area contributed by atoms with Gasteiger partial charge in [-0.05, 0) is 49.8 Å². The van der Waals surface area contributed by atoms with E-state index in [2.05, 4.69) is 20.8 Å². The minimum absolute atomic E-state index is 0.231. The molecule has 0 radical (unpaired) electrons. The third kappa shape index (κ3) is 4.70. The average molecular weight is 376 g/mol. The van der Waals surface area contributed by atoms with Crippen LogP contribution in [0.3, 0.4) is 0 Å². The summed E-state index contributed by atoms with van der Waals surface area (Å²) in [7, 11) is 0. The Labute approximate surface area is 162 Å². The number of carbonyl (C=O) groups is 2.